The molecule has 0 aliphatic carbocycles. The van der Waals surface area contributed by atoms with E-state index in [4.69, 9.17) is 17.0 Å². The van der Waals surface area contributed by atoms with Gasteiger partial charge < -0.3 is 9.64 Å². The van der Waals surface area contributed by atoms with Gasteiger partial charge in [-0.2, -0.15) is 10.1 Å². The Balaban J connectivity index is 1.76. The number of amides is 1. The van der Waals surface area contributed by atoms with Gasteiger partial charge in [-0.25, -0.2) is 0 Å². The molecule has 1 aliphatic heterocycles. The molecule has 2 aromatic rings. The average Bonchev–Trinajstić information content (AvgIpc) is 2.93. The van der Waals surface area contributed by atoms with Crippen LogP contribution in [0, 0.1) is 0 Å². The van der Waals surface area contributed by atoms with Crippen LogP contribution in [0.4, 0.5) is 5.69 Å². The molecular formula is C20H18BrN3O2S2. The first-order valence-electron chi connectivity index (χ1n) is 8.32. The number of benzene rings is 2. The summed E-state index contributed by atoms with van der Waals surface area (Å²) in [6, 6.07) is 13.5. The number of rotatable bonds is 5. The molecule has 2 aromatic carbocycles. The lowest BCUT2D eigenvalue weighted by Gasteiger charge is -2.11. The van der Waals surface area contributed by atoms with E-state index in [0.29, 0.717) is 9.23 Å². The number of carbonyl (C=O) groups excluding carboxylic acids is 1. The Labute approximate surface area is 182 Å². The van der Waals surface area contributed by atoms with Gasteiger partial charge in [0.25, 0.3) is 5.91 Å². The number of hydrogen-bond donors (Lipinski definition) is 0. The van der Waals surface area contributed by atoms with Crippen LogP contribution in [-0.2, 0) is 4.79 Å². The van der Waals surface area contributed by atoms with Crippen molar-refractivity contribution in [1.82, 2.24) is 5.01 Å². The van der Waals surface area contributed by atoms with Crippen LogP contribution in [0.3, 0.4) is 0 Å². The van der Waals surface area contributed by atoms with E-state index in [1.54, 1.807) is 13.3 Å². The van der Waals surface area contributed by atoms with E-state index in [2.05, 4.69) is 21.0 Å². The second-order valence-corrected chi connectivity index (χ2v) is 8.65. The first kappa shape index (κ1) is 20.6. The molecule has 8 heteroatoms. The Bertz CT molecular complexity index is 972. The van der Waals surface area contributed by atoms with Gasteiger partial charge in [0.05, 0.1) is 22.7 Å². The van der Waals surface area contributed by atoms with Gasteiger partial charge in [-0.15, -0.1) is 0 Å². The van der Waals surface area contributed by atoms with E-state index in [-0.39, 0.29) is 5.91 Å². The summed E-state index contributed by atoms with van der Waals surface area (Å²) in [5, 5.41) is 5.52. The van der Waals surface area contributed by atoms with Crippen molar-refractivity contribution in [1.29, 1.82) is 0 Å². The van der Waals surface area contributed by atoms with Gasteiger partial charge in [-0.3, -0.25) is 4.79 Å². The molecule has 0 N–H and O–H groups in total. The molecular weight excluding hydrogens is 458 g/mol. The van der Waals surface area contributed by atoms with Crippen LogP contribution in [-0.4, -0.2) is 42.7 Å². The smallest absolute Gasteiger partial charge is 0.286 e. The molecule has 0 aromatic heterocycles. The molecule has 5 nitrogen and oxygen atoms in total. The summed E-state index contributed by atoms with van der Waals surface area (Å²) in [5.41, 5.74) is 2.86. The molecule has 0 unspecified atom stereocenters. The van der Waals surface area contributed by atoms with Crippen molar-refractivity contribution in [3.8, 4) is 5.75 Å². The topological polar surface area (TPSA) is 45.1 Å². The van der Waals surface area contributed by atoms with Crippen molar-refractivity contribution in [3.05, 3.63) is 63.0 Å². The van der Waals surface area contributed by atoms with Gasteiger partial charge in [-0.1, -0.05) is 23.9 Å². The Hall–Kier alpha value is -2.16. The summed E-state index contributed by atoms with van der Waals surface area (Å²) in [4.78, 5) is 15.3. The minimum absolute atomic E-state index is 0.226. The molecule has 0 atom stereocenters. The van der Waals surface area contributed by atoms with Crippen LogP contribution in [0.25, 0.3) is 6.08 Å². The van der Waals surface area contributed by atoms with E-state index in [0.717, 1.165) is 27.0 Å². The zero-order chi connectivity index (χ0) is 20.3. The number of nitrogens with zero attached hydrogens (tertiary/aromatic N) is 3. The molecule has 1 amide bonds. The lowest BCUT2D eigenvalue weighted by atomic mass is 10.2. The second kappa shape index (κ2) is 8.89. The fourth-order valence-electron chi connectivity index (χ4n) is 2.47. The Morgan fingerprint density at radius 3 is 2.46 bits per heavy atom. The van der Waals surface area contributed by atoms with Crippen molar-refractivity contribution < 1.29 is 9.53 Å². The highest BCUT2D eigenvalue weighted by Crippen LogP contribution is 2.33. The quantitative estimate of drug-likeness (QED) is 0.354. The van der Waals surface area contributed by atoms with Crippen molar-refractivity contribution in [2.24, 2.45) is 5.10 Å². The SMILES string of the molecule is COc1ccc(C=NN2C(=O)C(=Cc3ccc(N(C)C)cc3)SC2=S)cc1Br. The predicted octanol–water partition coefficient (Wildman–Crippen LogP) is 4.76. The van der Waals surface area contributed by atoms with E-state index in [1.807, 2.05) is 67.5 Å². The van der Waals surface area contributed by atoms with Crippen LogP contribution in [0.2, 0.25) is 0 Å². The fourth-order valence-corrected chi connectivity index (χ4v) is 4.20. The maximum Gasteiger partial charge on any atom is 0.286 e. The van der Waals surface area contributed by atoms with Gasteiger partial charge in [0.1, 0.15) is 5.75 Å². The molecule has 1 fully saturated rings. The number of hydrazone groups is 1. The van der Waals surface area contributed by atoms with Gasteiger partial charge in [0.15, 0.2) is 4.32 Å². The van der Waals surface area contributed by atoms with Gasteiger partial charge in [0, 0.05) is 19.8 Å². The summed E-state index contributed by atoms with van der Waals surface area (Å²) in [6.45, 7) is 0. The number of ether oxygens (including phenoxy) is 1. The summed E-state index contributed by atoms with van der Waals surface area (Å²) < 4.78 is 6.43. The highest BCUT2D eigenvalue weighted by Gasteiger charge is 2.32. The van der Waals surface area contributed by atoms with E-state index in [1.165, 1.54) is 16.8 Å². The zero-order valence-electron chi connectivity index (χ0n) is 15.5. The first-order chi connectivity index (χ1) is 13.4. The van der Waals surface area contributed by atoms with Crippen molar-refractivity contribution in [3.63, 3.8) is 0 Å². The van der Waals surface area contributed by atoms with Gasteiger partial charge >= 0.3 is 0 Å². The monoisotopic (exact) mass is 475 g/mol. The van der Waals surface area contributed by atoms with Crippen LogP contribution >= 0.6 is 39.9 Å². The third-order valence-corrected chi connectivity index (χ3v) is 5.88. The largest absolute Gasteiger partial charge is 0.496 e. The summed E-state index contributed by atoms with van der Waals surface area (Å²) in [6.07, 6.45) is 3.43. The number of halogens is 1. The maximum absolute atomic E-state index is 12.7. The highest BCUT2D eigenvalue weighted by molar-refractivity contribution is 9.10. The molecule has 3 rings (SSSR count). The number of carbonyl (C=O) groups is 1. The number of anilines is 1. The van der Waals surface area contributed by atoms with Crippen LogP contribution in [0.1, 0.15) is 11.1 Å². The lowest BCUT2D eigenvalue weighted by molar-refractivity contribution is -0.122. The molecule has 0 radical (unpaired) electrons. The van der Waals surface area contributed by atoms with Crippen LogP contribution in [0.5, 0.6) is 5.75 Å². The summed E-state index contributed by atoms with van der Waals surface area (Å²) in [5.74, 6) is 0.501. The van der Waals surface area contributed by atoms with E-state index >= 15 is 0 Å². The summed E-state index contributed by atoms with van der Waals surface area (Å²) >= 11 is 10.0. The second-order valence-electron chi connectivity index (χ2n) is 6.12. The van der Waals surface area contributed by atoms with Gasteiger partial charge in [0.2, 0.25) is 0 Å². The number of hydrogen-bond acceptors (Lipinski definition) is 6. The van der Waals surface area contributed by atoms with E-state index in [9.17, 15) is 4.79 Å². The zero-order valence-corrected chi connectivity index (χ0v) is 18.8. The molecule has 0 bridgehead atoms. The third kappa shape index (κ3) is 4.63. The Morgan fingerprint density at radius 2 is 1.86 bits per heavy atom. The van der Waals surface area contributed by atoms with Crippen molar-refractivity contribution >= 4 is 68.1 Å². The summed E-state index contributed by atoms with van der Waals surface area (Å²) in [7, 11) is 5.58. The molecule has 28 heavy (non-hydrogen) atoms. The molecule has 1 heterocycles. The van der Waals surface area contributed by atoms with Gasteiger partial charge in [-0.05, 0) is 75.7 Å². The number of thiocarbonyl (C=S) groups is 1. The Kier molecular flexibility index (Phi) is 6.53. The molecule has 1 aliphatic rings. The predicted molar refractivity (Wildman–Crippen MR) is 124 cm³/mol. The number of methoxy groups -OCH3 is 1. The molecule has 0 spiro atoms. The van der Waals surface area contributed by atoms with Crippen LogP contribution < -0.4 is 9.64 Å². The average molecular weight is 476 g/mol. The first-order valence-corrected chi connectivity index (χ1v) is 10.3. The molecule has 1 saturated heterocycles. The van der Waals surface area contributed by atoms with E-state index < -0.39 is 0 Å². The normalized spacial score (nSPS) is 15.7. The minimum Gasteiger partial charge on any atom is -0.496 e. The van der Waals surface area contributed by atoms with Crippen LogP contribution in [0.15, 0.2) is 56.9 Å². The maximum atomic E-state index is 12.7. The minimum atomic E-state index is -0.226. The molecule has 144 valence electrons. The fraction of sp³-hybridized carbons (Fsp3) is 0.150. The van der Waals surface area contributed by atoms with Crippen molar-refractivity contribution in [2.45, 2.75) is 0 Å². The number of thioether (sulfide) groups is 1. The Morgan fingerprint density at radius 1 is 1.18 bits per heavy atom. The van der Waals surface area contributed by atoms with Crippen molar-refractivity contribution in [2.75, 3.05) is 26.1 Å². The standard InChI is InChI=1S/C20H18BrN3O2S2/c1-23(2)15-7-4-13(5-8-15)11-18-19(25)24(20(27)28-18)22-12-14-6-9-17(26-3)16(21)10-14/h4-12H,1-3H3. The molecule has 0 saturated carbocycles. The third-order valence-electron chi connectivity index (χ3n) is 3.98. The highest BCUT2D eigenvalue weighted by atomic mass is 79.9. The lowest BCUT2D eigenvalue weighted by Crippen LogP contribution is -2.22.